The lowest BCUT2D eigenvalue weighted by Gasteiger charge is -2.46. The highest BCUT2D eigenvalue weighted by Crippen LogP contribution is 2.30. The van der Waals surface area contributed by atoms with Crippen molar-refractivity contribution >= 4 is 5.91 Å². The molecule has 2 rings (SSSR count). The Morgan fingerprint density at radius 2 is 0.914 bits per heavy atom. The summed E-state index contributed by atoms with van der Waals surface area (Å²) in [6.07, 6.45) is 33.3. The van der Waals surface area contributed by atoms with Crippen molar-refractivity contribution in [3.8, 4) is 0 Å². The lowest BCUT2D eigenvalue weighted by molar-refractivity contribution is -0.359. The lowest BCUT2D eigenvalue weighted by atomic mass is 9.97. The number of amides is 1. The summed E-state index contributed by atoms with van der Waals surface area (Å²) in [5, 5.41) is 86.9. The Kier molecular flexibility index (Phi) is 39.1. The minimum absolute atomic E-state index is 0.251. The minimum Gasteiger partial charge on any atom is -0.394 e. The van der Waals surface area contributed by atoms with Gasteiger partial charge in [-0.05, 0) is 44.9 Å². The molecule has 2 saturated heterocycles. The van der Waals surface area contributed by atoms with Crippen molar-refractivity contribution in [3.05, 3.63) is 36.5 Å². The summed E-state index contributed by atoms with van der Waals surface area (Å²) in [4.78, 5) is 13.2. The highest BCUT2D eigenvalue weighted by Gasteiger charge is 2.51. The third kappa shape index (κ3) is 28.6. The fourth-order valence-corrected chi connectivity index (χ4v) is 9.21. The third-order valence-corrected chi connectivity index (χ3v) is 13.8. The molecule has 0 radical (unpaired) electrons. The number of hydrogen-bond donors (Lipinski definition) is 9. The van der Waals surface area contributed by atoms with Crippen LogP contribution in [0.25, 0.3) is 0 Å². The second-order valence-electron chi connectivity index (χ2n) is 20.1. The molecule has 0 aromatic heterocycles. The number of unbranched alkanes of at least 4 members (excludes halogenated alkanes) is 27. The van der Waals surface area contributed by atoms with Gasteiger partial charge in [-0.2, -0.15) is 0 Å². The topological polar surface area (TPSA) is 228 Å². The Hall–Kier alpha value is -1.79. The van der Waals surface area contributed by atoms with Crippen molar-refractivity contribution in [2.24, 2.45) is 0 Å². The normalized spacial score (nSPS) is 26.2. The summed E-state index contributed by atoms with van der Waals surface area (Å²) in [5.41, 5.74) is 0. The van der Waals surface area contributed by atoms with Crippen LogP contribution in [0.4, 0.5) is 0 Å². The first-order valence-electron chi connectivity index (χ1n) is 28.2. The smallest absolute Gasteiger partial charge is 0.220 e. The number of ether oxygens (including phenoxy) is 4. The first kappa shape index (κ1) is 64.3. The molecular formula is C56H103NO13. The van der Waals surface area contributed by atoms with Gasteiger partial charge in [-0.3, -0.25) is 4.79 Å². The fourth-order valence-electron chi connectivity index (χ4n) is 9.21. The number of carbonyl (C=O) groups excluding carboxylic acids is 1. The van der Waals surface area contributed by atoms with Crippen molar-refractivity contribution in [1.29, 1.82) is 0 Å². The maximum atomic E-state index is 13.2. The largest absolute Gasteiger partial charge is 0.394 e. The van der Waals surface area contributed by atoms with Crippen LogP contribution in [0.15, 0.2) is 36.5 Å². The number of allylic oxidation sites excluding steroid dienone is 5. The summed E-state index contributed by atoms with van der Waals surface area (Å²) < 4.78 is 22.7. The van der Waals surface area contributed by atoms with Gasteiger partial charge in [0.15, 0.2) is 12.6 Å². The Labute approximate surface area is 423 Å². The zero-order valence-electron chi connectivity index (χ0n) is 43.8. The molecule has 0 spiro atoms. The van der Waals surface area contributed by atoms with Crippen LogP contribution in [-0.4, -0.2) is 140 Å². The molecule has 0 saturated carbocycles. The van der Waals surface area contributed by atoms with Crippen LogP contribution in [0.3, 0.4) is 0 Å². The van der Waals surface area contributed by atoms with Gasteiger partial charge in [0.05, 0.1) is 32.0 Å². The average Bonchev–Trinajstić information content (AvgIpc) is 3.36. The van der Waals surface area contributed by atoms with Crippen LogP contribution in [0.2, 0.25) is 0 Å². The molecule has 0 aromatic rings. The van der Waals surface area contributed by atoms with E-state index in [1.807, 2.05) is 6.08 Å². The molecule has 14 heteroatoms. The van der Waals surface area contributed by atoms with Gasteiger partial charge in [0.25, 0.3) is 0 Å². The highest BCUT2D eigenvalue weighted by molar-refractivity contribution is 5.76. The predicted molar refractivity (Wildman–Crippen MR) is 277 cm³/mol. The lowest BCUT2D eigenvalue weighted by Crippen LogP contribution is -2.65. The van der Waals surface area contributed by atoms with Gasteiger partial charge in [0.1, 0.15) is 48.8 Å². The Morgan fingerprint density at radius 1 is 0.500 bits per heavy atom. The quantitative estimate of drug-likeness (QED) is 0.0206. The van der Waals surface area contributed by atoms with Gasteiger partial charge in [-0.25, -0.2) is 0 Å². The van der Waals surface area contributed by atoms with Gasteiger partial charge in [0, 0.05) is 6.42 Å². The molecular weight excluding hydrogens is 895 g/mol. The number of aliphatic hydroxyl groups is 8. The summed E-state index contributed by atoms with van der Waals surface area (Å²) in [7, 11) is 0. The molecule has 2 aliphatic heterocycles. The molecule has 0 aliphatic carbocycles. The Bertz CT molecular complexity index is 1320. The van der Waals surface area contributed by atoms with Crippen LogP contribution >= 0.6 is 0 Å². The maximum Gasteiger partial charge on any atom is 0.220 e. The third-order valence-electron chi connectivity index (χ3n) is 13.8. The highest BCUT2D eigenvalue weighted by atomic mass is 16.7. The number of carbonyl (C=O) groups is 1. The molecule has 410 valence electrons. The van der Waals surface area contributed by atoms with E-state index in [1.165, 1.54) is 141 Å². The van der Waals surface area contributed by atoms with Crippen LogP contribution in [0.1, 0.15) is 219 Å². The molecule has 0 bridgehead atoms. The van der Waals surface area contributed by atoms with Crippen LogP contribution in [-0.2, 0) is 23.7 Å². The van der Waals surface area contributed by atoms with Crippen LogP contribution in [0.5, 0.6) is 0 Å². The summed E-state index contributed by atoms with van der Waals surface area (Å²) >= 11 is 0. The van der Waals surface area contributed by atoms with Gasteiger partial charge in [-0.1, -0.05) is 204 Å². The molecule has 0 aromatic carbocycles. The Morgan fingerprint density at radius 3 is 1.40 bits per heavy atom. The first-order chi connectivity index (χ1) is 34.1. The van der Waals surface area contributed by atoms with Gasteiger partial charge >= 0.3 is 0 Å². The molecule has 12 unspecified atom stereocenters. The predicted octanol–water partition coefficient (Wildman–Crippen LogP) is 8.66. The van der Waals surface area contributed by atoms with Crippen molar-refractivity contribution in [3.63, 3.8) is 0 Å². The van der Waals surface area contributed by atoms with Crippen molar-refractivity contribution < 1.29 is 64.6 Å². The monoisotopic (exact) mass is 998 g/mol. The number of hydrogen-bond acceptors (Lipinski definition) is 13. The number of nitrogens with one attached hydrogen (secondary N) is 1. The van der Waals surface area contributed by atoms with E-state index in [-0.39, 0.29) is 18.9 Å². The summed E-state index contributed by atoms with van der Waals surface area (Å²) in [6, 6.07) is -0.934. The van der Waals surface area contributed by atoms with Crippen LogP contribution in [0, 0.1) is 0 Å². The molecule has 70 heavy (non-hydrogen) atoms. The van der Waals surface area contributed by atoms with E-state index < -0.39 is 86.8 Å². The van der Waals surface area contributed by atoms with Crippen LogP contribution < -0.4 is 5.32 Å². The number of rotatable bonds is 44. The zero-order chi connectivity index (χ0) is 51.0. The van der Waals surface area contributed by atoms with Gasteiger partial charge in [0.2, 0.25) is 5.91 Å². The average molecular weight is 998 g/mol. The fraction of sp³-hybridized carbons (Fsp3) is 0.875. The zero-order valence-corrected chi connectivity index (χ0v) is 43.8. The second kappa shape index (κ2) is 42.6. The van der Waals surface area contributed by atoms with E-state index in [2.05, 4.69) is 43.5 Å². The van der Waals surface area contributed by atoms with E-state index in [4.69, 9.17) is 18.9 Å². The molecule has 2 heterocycles. The van der Waals surface area contributed by atoms with Gasteiger partial charge < -0.3 is 65.1 Å². The molecule has 2 fully saturated rings. The maximum absolute atomic E-state index is 13.2. The molecule has 14 nitrogen and oxygen atoms in total. The molecule has 9 N–H and O–H groups in total. The molecule has 12 atom stereocenters. The van der Waals surface area contributed by atoms with Crippen molar-refractivity contribution in [2.45, 2.75) is 293 Å². The first-order valence-corrected chi connectivity index (χ1v) is 28.2. The standard InChI is InChI=1S/C56H103NO13/c1-3-5-7-9-11-13-15-17-19-20-21-22-23-24-25-26-28-30-32-34-36-38-40-48(61)57-44(45(60)39-37-35-33-31-29-27-18-16-14-12-10-8-6-4-2)43-67-55-53(66)51(64)54(47(42-59)69-55)70-56-52(65)50(63)49(62)46(41-58)68-56/h14,16,29,31,37,39,44-47,49-56,58-60,62-66H,3-13,15,17-28,30,32-36,38,40-43H2,1-2H3,(H,57,61)/b16-14+,31-29+,39-37+. The summed E-state index contributed by atoms with van der Waals surface area (Å²) in [6.45, 7) is 2.75. The van der Waals surface area contributed by atoms with E-state index >= 15 is 0 Å². The van der Waals surface area contributed by atoms with E-state index in [9.17, 15) is 45.6 Å². The minimum atomic E-state index is -1.79. The molecule has 2 aliphatic rings. The van der Waals surface area contributed by atoms with E-state index in [0.717, 1.165) is 44.9 Å². The summed E-state index contributed by atoms with van der Waals surface area (Å²) in [5.74, 6) is -0.251. The van der Waals surface area contributed by atoms with Crippen molar-refractivity contribution in [2.75, 3.05) is 19.8 Å². The second-order valence-corrected chi connectivity index (χ2v) is 20.1. The van der Waals surface area contributed by atoms with E-state index in [0.29, 0.717) is 12.8 Å². The SMILES string of the molecule is CCCCCC/C=C/CC/C=C/CC/C=C/C(O)C(COC1OC(CO)C(OC2OC(CO)C(O)C(O)C2O)C(O)C1O)NC(=O)CCCCCCCCCCCCCCCCCCCCCCCC. The van der Waals surface area contributed by atoms with Crippen molar-refractivity contribution in [1.82, 2.24) is 5.32 Å². The molecule has 1 amide bonds. The van der Waals surface area contributed by atoms with Gasteiger partial charge in [-0.15, -0.1) is 0 Å². The number of aliphatic hydroxyl groups excluding tert-OH is 8. The van der Waals surface area contributed by atoms with E-state index in [1.54, 1.807) is 6.08 Å². The Balaban J connectivity index is 1.78.